The van der Waals surface area contributed by atoms with Crippen molar-refractivity contribution in [3.8, 4) is 17.0 Å². The van der Waals surface area contributed by atoms with Crippen molar-refractivity contribution in [3.63, 3.8) is 0 Å². The van der Waals surface area contributed by atoms with E-state index in [4.69, 9.17) is 9.47 Å². The molecule has 0 unspecified atom stereocenters. The molecule has 4 aromatic rings. The summed E-state index contributed by atoms with van der Waals surface area (Å²) in [6.45, 7) is 17.2. The molecule has 0 amide bonds. The second kappa shape index (κ2) is 9.69. The van der Waals surface area contributed by atoms with Gasteiger partial charge >= 0.3 is 0 Å². The van der Waals surface area contributed by atoms with Crippen LogP contribution in [0.2, 0.25) is 25.7 Å². The average molecular weight is 537 g/mol. The van der Waals surface area contributed by atoms with Crippen LogP contribution in [0.5, 0.6) is 5.75 Å². The van der Waals surface area contributed by atoms with Gasteiger partial charge in [0.15, 0.2) is 0 Å². The first-order valence-corrected chi connectivity index (χ1v) is 17.0. The third-order valence-corrected chi connectivity index (χ3v) is 8.88. The molecule has 11 heteroatoms. The largest absolute Gasteiger partial charge is 0.496 e. The number of nitrogens with one attached hydrogen (secondary N) is 1. The molecule has 0 spiro atoms. The lowest BCUT2D eigenvalue weighted by Gasteiger charge is -2.46. The summed E-state index contributed by atoms with van der Waals surface area (Å²) < 4.78 is 15.7. The first-order chi connectivity index (χ1) is 17.8. The van der Waals surface area contributed by atoms with E-state index in [1.165, 1.54) is 0 Å². The highest BCUT2D eigenvalue weighted by Crippen LogP contribution is 2.37. The SMILES string of the molecule is COc1cc2c(cc1-c1cc3nnn(C4CC(C)(C)NC(C)(C)C4)c3nn1)ncn2COCC[Si](C)(C)C. The van der Waals surface area contributed by atoms with Crippen molar-refractivity contribution < 1.29 is 9.47 Å². The summed E-state index contributed by atoms with van der Waals surface area (Å²) in [5.74, 6) is 0.698. The summed E-state index contributed by atoms with van der Waals surface area (Å²) in [6.07, 6.45) is 3.69. The predicted molar refractivity (Wildman–Crippen MR) is 152 cm³/mol. The number of aromatic nitrogens is 7. The van der Waals surface area contributed by atoms with Gasteiger partial charge in [0.05, 0.1) is 36.2 Å². The molecule has 0 bridgehead atoms. The Morgan fingerprint density at radius 1 is 1.00 bits per heavy atom. The van der Waals surface area contributed by atoms with Crippen molar-refractivity contribution in [2.24, 2.45) is 0 Å². The van der Waals surface area contributed by atoms with E-state index < -0.39 is 8.07 Å². The second-order valence-electron chi connectivity index (χ2n) is 13.0. The monoisotopic (exact) mass is 536 g/mol. The minimum absolute atomic E-state index is 0.0103. The van der Waals surface area contributed by atoms with Crippen LogP contribution in [0.4, 0.5) is 0 Å². The molecule has 0 atom stereocenters. The number of piperidine rings is 1. The van der Waals surface area contributed by atoms with Crippen molar-refractivity contribution in [1.82, 2.24) is 40.1 Å². The van der Waals surface area contributed by atoms with Gasteiger partial charge in [-0.25, -0.2) is 9.67 Å². The van der Waals surface area contributed by atoms with E-state index in [-0.39, 0.29) is 17.1 Å². The van der Waals surface area contributed by atoms with E-state index in [9.17, 15) is 0 Å². The molecule has 4 heterocycles. The fourth-order valence-corrected chi connectivity index (χ4v) is 6.42. The Morgan fingerprint density at radius 3 is 2.42 bits per heavy atom. The number of imidazole rings is 1. The number of ether oxygens (including phenoxy) is 2. The van der Waals surface area contributed by atoms with E-state index in [1.807, 2.05) is 33.8 Å². The maximum atomic E-state index is 5.95. The summed E-state index contributed by atoms with van der Waals surface area (Å²) in [4.78, 5) is 4.61. The average Bonchev–Trinajstić information content (AvgIpc) is 3.41. The number of fused-ring (bicyclic) bond motifs is 2. The predicted octanol–water partition coefficient (Wildman–Crippen LogP) is 5.04. The van der Waals surface area contributed by atoms with E-state index in [1.54, 1.807) is 7.11 Å². The van der Waals surface area contributed by atoms with Gasteiger partial charge in [-0.15, -0.1) is 15.3 Å². The van der Waals surface area contributed by atoms with Crippen LogP contribution >= 0.6 is 0 Å². The van der Waals surface area contributed by atoms with Gasteiger partial charge in [0, 0.05) is 37.4 Å². The number of nitrogens with zero attached hydrogens (tertiary/aromatic N) is 7. The minimum Gasteiger partial charge on any atom is -0.496 e. The highest BCUT2D eigenvalue weighted by molar-refractivity contribution is 6.76. The van der Waals surface area contributed by atoms with Gasteiger partial charge in [-0.2, -0.15) is 0 Å². The van der Waals surface area contributed by atoms with Crippen LogP contribution in [0.25, 0.3) is 33.5 Å². The Kier molecular flexibility index (Phi) is 6.81. The summed E-state index contributed by atoms with van der Waals surface area (Å²) >= 11 is 0. The van der Waals surface area contributed by atoms with Crippen LogP contribution in [0.15, 0.2) is 24.5 Å². The first-order valence-electron chi connectivity index (χ1n) is 13.3. The molecule has 10 nitrogen and oxygen atoms in total. The number of benzene rings is 1. The smallest absolute Gasteiger partial charge is 0.201 e. The normalized spacial score (nSPS) is 17.9. The molecule has 1 aliphatic heterocycles. The Labute approximate surface area is 225 Å². The molecule has 1 N–H and O–H groups in total. The van der Waals surface area contributed by atoms with Gasteiger partial charge in [-0.1, -0.05) is 24.9 Å². The number of hydrogen-bond donors (Lipinski definition) is 1. The molecule has 1 saturated heterocycles. The fraction of sp³-hybridized carbons (Fsp3) is 0.593. The van der Waals surface area contributed by atoms with Crippen molar-refractivity contribution in [2.45, 2.75) is 90.1 Å². The molecule has 3 aromatic heterocycles. The molecular weight excluding hydrogens is 496 g/mol. The van der Waals surface area contributed by atoms with Crippen LogP contribution in [-0.2, 0) is 11.5 Å². The Hall–Kier alpha value is -2.89. The van der Waals surface area contributed by atoms with E-state index in [0.717, 1.165) is 42.1 Å². The van der Waals surface area contributed by atoms with Crippen molar-refractivity contribution >= 4 is 30.3 Å². The number of hydrogen-bond acceptors (Lipinski definition) is 8. The molecule has 0 radical (unpaired) electrons. The zero-order valence-electron chi connectivity index (χ0n) is 23.9. The fourth-order valence-electron chi connectivity index (χ4n) is 5.67. The van der Waals surface area contributed by atoms with Gasteiger partial charge in [0.2, 0.25) is 5.65 Å². The lowest BCUT2D eigenvalue weighted by atomic mass is 9.80. The van der Waals surface area contributed by atoms with Crippen molar-refractivity contribution in [3.05, 3.63) is 24.5 Å². The van der Waals surface area contributed by atoms with Gasteiger partial charge in [0.1, 0.15) is 18.0 Å². The molecule has 1 aromatic carbocycles. The summed E-state index contributed by atoms with van der Waals surface area (Å²) in [7, 11) is 0.535. The summed E-state index contributed by atoms with van der Waals surface area (Å²) in [5, 5.41) is 21.9. The van der Waals surface area contributed by atoms with Crippen LogP contribution in [0.1, 0.15) is 46.6 Å². The quantitative estimate of drug-likeness (QED) is 0.247. The third kappa shape index (κ3) is 5.59. The molecule has 204 valence electrons. The van der Waals surface area contributed by atoms with E-state index in [0.29, 0.717) is 29.3 Å². The zero-order chi connectivity index (χ0) is 27.3. The lowest BCUT2D eigenvalue weighted by molar-refractivity contribution is 0.0898. The molecule has 1 aliphatic rings. The number of rotatable bonds is 8. The van der Waals surface area contributed by atoms with Gasteiger partial charge < -0.3 is 19.4 Å². The van der Waals surface area contributed by atoms with E-state index in [2.05, 4.69) is 78.1 Å². The van der Waals surface area contributed by atoms with Gasteiger partial charge in [-0.05, 0) is 58.7 Å². The van der Waals surface area contributed by atoms with Crippen LogP contribution in [0, 0.1) is 0 Å². The number of methoxy groups -OCH3 is 1. The topological polar surface area (TPSA) is 105 Å². The van der Waals surface area contributed by atoms with Gasteiger partial charge in [-0.3, -0.25) is 0 Å². The lowest BCUT2D eigenvalue weighted by Crippen LogP contribution is -2.58. The maximum Gasteiger partial charge on any atom is 0.201 e. The third-order valence-electron chi connectivity index (χ3n) is 7.18. The molecular formula is C27H40N8O2Si. The highest BCUT2D eigenvalue weighted by atomic mass is 28.3. The van der Waals surface area contributed by atoms with Gasteiger partial charge in [0.25, 0.3) is 0 Å². The highest BCUT2D eigenvalue weighted by Gasteiger charge is 2.39. The van der Waals surface area contributed by atoms with Crippen LogP contribution < -0.4 is 10.1 Å². The maximum absolute atomic E-state index is 5.95. The van der Waals surface area contributed by atoms with Crippen LogP contribution in [0.3, 0.4) is 0 Å². The van der Waals surface area contributed by atoms with E-state index >= 15 is 0 Å². The Morgan fingerprint density at radius 2 is 1.74 bits per heavy atom. The zero-order valence-corrected chi connectivity index (χ0v) is 24.9. The molecule has 0 aliphatic carbocycles. The summed E-state index contributed by atoms with van der Waals surface area (Å²) in [6, 6.07) is 7.23. The second-order valence-corrected chi connectivity index (χ2v) is 18.7. The Bertz CT molecular complexity index is 1440. The molecule has 38 heavy (non-hydrogen) atoms. The Balaban J connectivity index is 1.42. The molecule has 0 saturated carbocycles. The minimum atomic E-state index is -1.13. The van der Waals surface area contributed by atoms with Crippen molar-refractivity contribution in [2.75, 3.05) is 13.7 Å². The molecule has 1 fully saturated rings. The molecule has 5 rings (SSSR count). The van der Waals surface area contributed by atoms with Crippen LogP contribution in [-0.4, -0.2) is 67.6 Å². The van der Waals surface area contributed by atoms with Crippen molar-refractivity contribution in [1.29, 1.82) is 0 Å². The first kappa shape index (κ1) is 26.7. The summed E-state index contributed by atoms with van der Waals surface area (Å²) in [5.41, 5.74) is 4.69. The standard InChI is InChI=1S/C27H40N8O2Si/c1-26(2)14-18(15-27(3,4)32-26)35-25-22(30-33-35)12-20(29-31-25)19-11-21-23(13-24(19)36-5)34(16-28-21)17-37-9-10-38(6,7)8/h11-13,16,18,32H,9-10,14-15,17H2,1-8H3.